The molecule has 0 spiro atoms. The number of aryl methyl sites for hydroxylation is 3. The highest BCUT2D eigenvalue weighted by Crippen LogP contribution is 2.26. The Morgan fingerprint density at radius 1 is 1.05 bits per heavy atom. The second-order valence-electron chi connectivity index (χ2n) is 5.63. The summed E-state index contributed by atoms with van der Waals surface area (Å²) in [6, 6.07) is 9.57. The molecule has 0 saturated heterocycles. The van der Waals surface area contributed by atoms with E-state index >= 15 is 0 Å². The molecular formula is C18H21BrFN. The van der Waals surface area contributed by atoms with Gasteiger partial charge < -0.3 is 5.32 Å². The van der Waals surface area contributed by atoms with Gasteiger partial charge in [0.05, 0.1) is 0 Å². The lowest BCUT2D eigenvalue weighted by Gasteiger charge is -2.20. The maximum Gasteiger partial charge on any atom is 0.124 e. The Balaban J connectivity index is 2.35. The first-order chi connectivity index (χ1) is 9.90. The Hall–Kier alpha value is -1.19. The molecule has 0 bridgehead atoms. The number of nitrogens with one attached hydrogen (secondary N) is 1. The molecule has 3 heteroatoms. The molecule has 0 aliphatic heterocycles. The zero-order valence-electron chi connectivity index (χ0n) is 12.9. The van der Waals surface area contributed by atoms with E-state index in [0.29, 0.717) is 0 Å². The standard InChI is InChI=1S/C18H21BrFN/c1-11-5-12(2)17(13(3)6-11)10-18(21-4)14-7-15(19)9-16(20)8-14/h5-9,18,21H,10H2,1-4H3. The molecule has 0 heterocycles. The lowest BCUT2D eigenvalue weighted by molar-refractivity contribution is 0.574. The summed E-state index contributed by atoms with van der Waals surface area (Å²) in [4.78, 5) is 0. The number of halogens is 2. The van der Waals surface area contributed by atoms with Gasteiger partial charge in [-0.05, 0) is 74.7 Å². The van der Waals surface area contributed by atoms with Crippen molar-refractivity contribution in [2.24, 2.45) is 0 Å². The van der Waals surface area contributed by atoms with Gasteiger partial charge in [-0.3, -0.25) is 0 Å². The molecule has 1 nitrogen and oxygen atoms in total. The van der Waals surface area contributed by atoms with Gasteiger partial charge in [0.1, 0.15) is 5.82 Å². The minimum absolute atomic E-state index is 0.0945. The highest BCUT2D eigenvalue weighted by atomic mass is 79.9. The van der Waals surface area contributed by atoms with Crippen molar-refractivity contribution in [2.75, 3.05) is 7.05 Å². The van der Waals surface area contributed by atoms with Crippen LogP contribution in [0.4, 0.5) is 4.39 Å². The average molecular weight is 350 g/mol. The van der Waals surface area contributed by atoms with Gasteiger partial charge in [-0.1, -0.05) is 33.6 Å². The van der Waals surface area contributed by atoms with E-state index < -0.39 is 0 Å². The molecule has 2 rings (SSSR count). The fourth-order valence-corrected chi connectivity index (χ4v) is 3.38. The summed E-state index contributed by atoms with van der Waals surface area (Å²) in [7, 11) is 1.92. The van der Waals surface area contributed by atoms with E-state index in [1.807, 2.05) is 13.1 Å². The predicted molar refractivity (Wildman–Crippen MR) is 90.3 cm³/mol. The molecule has 0 aliphatic rings. The molecule has 112 valence electrons. The Morgan fingerprint density at radius 3 is 2.19 bits per heavy atom. The predicted octanol–water partition coefficient (Wildman–Crippen LogP) is 5.02. The van der Waals surface area contributed by atoms with Crippen LogP contribution in [0.25, 0.3) is 0 Å². The van der Waals surface area contributed by atoms with Crippen LogP contribution >= 0.6 is 15.9 Å². The molecule has 0 aliphatic carbocycles. The van der Waals surface area contributed by atoms with Crippen LogP contribution in [0.15, 0.2) is 34.8 Å². The Bertz CT molecular complexity index is 608. The third-order valence-electron chi connectivity index (χ3n) is 3.88. The summed E-state index contributed by atoms with van der Waals surface area (Å²) >= 11 is 3.37. The van der Waals surface area contributed by atoms with Crippen LogP contribution in [-0.2, 0) is 6.42 Å². The van der Waals surface area contributed by atoms with Crippen molar-refractivity contribution in [3.8, 4) is 0 Å². The highest BCUT2D eigenvalue weighted by molar-refractivity contribution is 9.10. The first kappa shape index (κ1) is 16.2. The summed E-state index contributed by atoms with van der Waals surface area (Å²) in [6.07, 6.45) is 0.852. The minimum atomic E-state index is -0.211. The SMILES string of the molecule is CNC(Cc1c(C)cc(C)cc1C)c1cc(F)cc(Br)c1. The van der Waals surface area contributed by atoms with Gasteiger partial charge in [0.25, 0.3) is 0 Å². The molecule has 2 aromatic rings. The zero-order chi connectivity index (χ0) is 15.6. The second-order valence-corrected chi connectivity index (χ2v) is 6.54. The Labute approximate surface area is 134 Å². The summed E-state index contributed by atoms with van der Waals surface area (Å²) in [6.45, 7) is 6.40. The van der Waals surface area contributed by atoms with Crippen molar-refractivity contribution < 1.29 is 4.39 Å². The van der Waals surface area contributed by atoms with E-state index in [0.717, 1.165) is 16.5 Å². The van der Waals surface area contributed by atoms with E-state index in [1.165, 1.54) is 28.3 Å². The molecule has 0 aromatic heterocycles. The quantitative estimate of drug-likeness (QED) is 0.817. The topological polar surface area (TPSA) is 12.0 Å². The maximum atomic E-state index is 13.6. The van der Waals surface area contributed by atoms with Crippen LogP contribution in [0.5, 0.6) is 0 Å². The fraction of sp³-hybridized carbons (Fsp3) is 0.333. The smallest absolute Gasteiger partial charge is 0.124 e. The molecule has 0 amide bonds. The van der Waals surface area contributed by atoms with Crippen LogP contribution < -0.4 is 5.32 Å². The molecule has 21 heavy (non-hydrogen) atoms. The Morgan fingerprint density at radius 2 is 1.67 bits per heavy atom. The minimum Gasteiger partial charge on any atom is -0.313 e. The normalized spacial score (nSPS) is 12.5. The van der Waals surface area contributed by atoms with Gasteiger partial charge in [-0.25, -0.2) is 4.39 Å². The van der Waals surface area contributed by atoms with Gasteiger partial charge in [-0.15, -0.1) is 0 Å². The first-order valence-corrected chi connectivity index (χ1v) is 7.90. The molecular weight excluding hydrogens is 329 g/mol. The van der Waals surface area contributed by atoms with E-state index in [-0.39, 0.29) is 11.9 Å². The first-order valence-electron chi connectivity index (χ1n) is 7.10. The third kappa shape index (κ3) is 3.92. The van der Waals surface area contributed by atoms with E-state index in [4.69, 9.17) is 0 Å². The van der Waals surface area contributed by atoms with Crippen molar-refractivity contribution in [1.82, 2.24) is 5.32 Å². The molecule has 1 atom stereocenters. The maximum absolute atomic E-state index is 13.6. The molecule has 2 aromatic carbocycles. The van der Waals surface area contributed by atoms with Gasteiger partial charge in [0, 0.05) is 10.5 Å². The summed E-state index contributed by atoms with van der Waals surface area (Å²) in [5, 5.41) is 3.30. The van der Waals surface area contributed by atoms with Crippen LogP contribution in [0.2, 0.25) is 0 Å². The van der Waals surface area contributed by atoms with Crippen molar-refractivity contribution in [2.45, 2.75) is 33.2 Å². The number of hydrogen-bond acceptors (Lipinski definition) is 1. The van der Waals surface area contributed by atoms with Crippen LogP contribution in [0, 0.1) is 26.6 Å². The van der Waals surface area contributed by atoms with E-state index in [9.17, 15) is 4.39 Å². The van der Waals surface area contributed by atoms with Gasteiger partial charge in [0.2, 0.25) is 0 Å². The van der Waals surface area contributed by atoms with E-state index in [2.05, 4.69) is 54.2 Å². The zero-order valence-corrected chi connectivity index (χ0v) is 14.5. The van der Waals surface area contributed by atoms with Crippen molar-refractivity contribution in [1.29, 1.82) is 0 Å². The van der Waals surface area contributed by atoms with Crippen molar-refractivity contribution >= 4 is 15.9 Å². The molecule has 1 N–H and O–H groups in total. The van der Waals surface area contributed by atoms with Gasteiger partial charge in [-0.2, -0.15) is 0 Å². The molecule has 0 fully saturated rings. The van der Waals surface area contributed by atoms with Crippen LogP contribution in [0.1, 0.15) is 33.9 Å². The Kier molecular flexibility index (Phi) is 5.17. The third-order valence-corrected chi connectivity index (χ3v) is 4.34. The lowest BCUT2D eigenvalue weighted by atomic mass is 9.91. The summed E-state index contributed by atoms with van der Waals surface area (Å²) < 4.78 is 14.4. The van der Waals surface area contributed by atoms with Crippen molar-refractivity contribution in [3.05, 3.63) is 68.4 Å². The van der Waals surface area contributed by atoms with Gasteiger partial charge in [0.15, 0.2) is 0 Å². The van der Waals surface area contributed by atoms with E-state index in [1.54, 1.807) is 6.07 Å². The summed E-state index contributed by atoms with van der Waals surface area (Å²) in [5.41, 5.74) is 6.17. The molecule has 0 radical (unpaired) electrons. The fourth-order valence-electron chi connectivity index (χ4n) is 2.90. The molecule has 1 unspecified atom stereocenters. The van der Waals surface area contributed by atoms with Crippen molar-refractivity contribution in [3.63, 3.8) is 0 Å². The largest absolute Gasteiger partial charge is 0.313 e. The van der Waals surface area contributed by atoms with Gasteiger partial charge >= 0.3 is 0 Å². The van der Waals surface area contributed by atoms with Crippen LogP contribution in [0.3, 0.4) is 0 Å². The average Bonchev–Trinajstić information content (AvgIpc) is 2.36. The van der Waals surface area contributed by atoms with Crippen LogP contribution in [-0.4, -0.2) is 7.05 Å². The highest BCUT2D eigenvalue weighted by Gasteiger charge is 2.15. The number of likely N-dealkylation sites (N-methyl/N-ethyl adjacent to an activating group) is 1. The molecule has 0 saturated carbocycles. The lowest BCUT2D eigenvalue weighted by Crippen LogP contribution is -2.20. The second kappa shape index (κ2) is 6.71. The number of hydrogen-bond donors (Lipinski definition) is 1. The monoisotopic (exact) mass is 349 g/mol. The summed E-state index contributed by atoms with van der Waals surface area (Å²) in [5.74, 6) is -0.211. The number of rotatable bonds is 4. The number of benzene rings is 2.